The van der Waals surface area contributed by atoms with Crippen LogP contribution in [-0.4, -0.2) is 12.6 Å². The SMILES string of the molecule is CCNC(CCc1ccc(C)cc1)Cc1cc(Br)cs1. The van der Waals surface area contributed by atoms with Gasteiger partial charge in [0.2, 0.25) is 0 Å². The molecule has 0 amide bonds. The van der Waals surface area contributed by atoms with Gasteiger partial charge in [0, 0.05) is 20.8 Å². The second-order valence-corrected chi connectivity index (χ2v) is 7.13. The molecule has 0 saturated carbocycles. The maximum Gasteiger partial charge on any atom is 0.0285 e. The van der Waals surface area contributed by atoms with Gasteiger partial charge >= 0.3 is 0 Å². The molecule has 0 aliphatic carbocycles. The summed E-state index contributed by atoms with van der Waals surface area (Å²) in [4.78, 5) is 1.45. The normalized spacial score (nSPS) is 12.6. The Kier molecular flexibility index (Phi) is 6.27. The van der Waals surface area contributed by atoms with E-state index in [2.05, 4.69) is 70.8 Å². The Morgan fingerprint density at radius 1 is 1.25 bits per heavy atom. The predicted octanol–water partition coefficient (Wildman–Crippen LogP) is 4.97. The number of halogens is 1. The van der Waals surface area contributed by atoms with Gasteiger partial charge in [0.05, 0.1) is 0 Å². The fourth-order valence-electron chi connectivity index (χ4n) is 2.36. The van der Waals surface area contributed by atoms with Crippen LogP contribution in [0.3, 0.4) is 0 Å². The Morgan fingerprint density at radius 3 is 2.60 bits per heavy atom. The second-order valence-electron chi connectivity index (χ2n) is 5.21. The van der Waals surface area contributed by atoms with Gasteiger partial charge in [-0.3, -0.25) is 0 Å². The molecule has 1 heterocycles. The number of aryl methyl sites for hydroxylation is 2. The lowest BCUT2D eigenvalue weighted by Gasteiger charge is -2.17. The van der Waals surface area contributed by atoms with Crippen LogP contribution < -0.4 is 5.32 Å². The molecule has 3 heteroatoms. The highest BCUT2D eigenvalue weighted by atomic mass is 79.9. The van der Waals surface area contributed by atoms with Gasteiger partial charge in [0.15, 0.2) is 0 Å². The molecule has 2 rings (SSSR count). The van der Waals surface area contributed by atoms with Gasteiger partial charge in [-0.2, -0.15) is 0 Å². The summed E-state index contributed by atoms with van der Waals surface area (Å²) in [7, 11) is 0. The third-order valence-corrected chi connectivity index (χ3v) is 5.18. The standard InChI is InChI=1S/C17H22BrNS/c1-3-19-16(11-17-10-15(18)12-20-17)9-8-14-6-4-13(2)5-7-14/h4-7,10,12,16,19H,3,8-9,11H2,1-2H3. The molecule has 0 saturated heterocycles. The van der Waals surface area contributed by atoms with Gasteiger partial charge in [-0.1, -0.05) is 36.8 Å². The van der Waals surface area contributed by atoms with Gasteiger partial charge in [0.25, 0.3) is 0 Å². The summed E-state index contributed by atoms with van der Waals surface area (Å²) in [5.74, 6) is 0. The van der Waals surface area contributed by atoms with Crippen molar-refractivity contribution in [3.05, 3.63) is 56.2 Å². The van der Waals surface area contributed by atoms with E-state index in [4.69, 9.17) is 0 Å². The van der Waals surface area contributed by atoms with E-state index in [1.807, 2.05) is 11.3 Å². The topological polar surface area (TPSA) is 12.0 Å². The van der Waals surface area contributed by atoms with Crippen molar-refractivity contribution in [3.8, 4) is 0 Å². The third kappa shape index (κ3) is 5.04. The first-order valence-electron chi connectivity index (χ1n) is 7.19. The molecule has 2 aromatic rings. The zero-order chi connectivity index (χ0) is 14.4. The van der Waals surface area contributed by atoms with E-state index in [-0.39, 0.29) is 0 Å². The second kappa shape index (κ2) is 7.96. The zero-order valence-corrected chi connectivity index (χ0v) is 14.6. The quantitative estimate of drug-likeness (QED) is 0.742. The molecule has 1 unspecified atom stereocenters. The maximum atomic E-state index is 3.61. The Bertz CT molecular complexity index is 518. The van der Waals surface area contributed by atoms with Gasteiger partial charge in [-0.05, 0) is 60.3 Å². The number of hydrogen-bond acceptors (Lipinski definition) is 2. The van der Waals surface area contributed by atoms with E-state index < -0.39 is 0 Å². The summed E-state index contributed by atoms with van der Waals surface area (Å²) in [5.41, 5.74) is 2.77. The first-order valence-corrected chi connectivity index (χ1v) is 8.86. The lowest BCUT2D eigenvalue weighted by atomic mass is 10.0. The highest BCUT2D eigenvalue weighted by Crippen LogP contribution is 2.22. The summed E-state index contributed by atoms with van der Waals surface area (Å²) in [6.45, 7) is 5.36. The van der Waals surface area contributed by atoms with Gasteiger partial charge in [-0.25, -0.2) is 0 Å². The molecule has 0 spiro atoms. The summed E-state index contributed by atoms with van der Waals surface area (Å²) in [6.07, 6.45) is 3.45. The summed E-state index contributed by atoms with van der Waals surface area (Å²) >= 11 is 5.37. The smallest absolute Gasteiger partial charge is 0.0285 e. The van der Waals surface area contributed by atoms with Gasteiger partial charge in [0.1, 0.15) is 0 Å². The van der Waals surface area contributed by atoms with Crippen molar-refractivity contribution < 1.29 is 0 Å². The minimum Gasteiger partial charge on any atom is -0.314 e. The molecule has 0 radical (unpaired) electrons. The summed E-state index contributed by atoms with van der Waals surface area (Å²) < 4.78 is 1.20. The highest BCUT2D eigenvalue weighted by Gasteiger charge is 2.10. The van der Waals surface area contributed by atoms with Crippen molar-refractivity contribution in [1.29, 1.82) is 0 Å². The number of thiophene rings is 1. The van der Waals surface area contributed by atoms with Crippen molar-refractivity contribution in [2.75, 3.05) is 6.54 Å². The van der Waals surface area contributed by atoms with Crippen LogP contribution >= 0.6 is 27.3 Å². The van der Waals surface area contributed by atoms with Crippen molar-refractivity contribution >= 4 is 27.3 Å². The largest absolute Gasteiger partial charge is 0.314 e. The van der Waals surface area contributed by atoms with Gasteiger partial charge in [-0.15, -0.1) is 11.3 Å². The molecule has 108 valence electrons. The van der Waals surface area contributed by atoms with Crippen LogP contribution in [0.1, 0.15) is 29.3 Å². The van der Waals surface area contributed by atoms with Crippen LogP contribution in [0.5, 0.6) is 0 Å². The maximum absolute atomic E-state index is 3.61. The number of hydrogen-bond donors (Lipinski definition) is 1. The highest BCUT2D eigenvalue weighted by molar-refractivity contribution is 9.10. The Labute approximate surface area is 134 Å². The summed E-state index contributed by atoms with van der Waals surface area (Å²) in [6, 6.07) is 11.7. The molecule has 1 nitrogen and oxygen atoms in total. The van der Waals surface area contributed by atoms with Crippen molar-refractivity contribution in [1.82, 2.24) is 5.32 Å². The van der Waals surface area contributed by atoms with Crippen molar-refractivity contribution in [2.45, 2.75) is 39.2 Å². The molecule has 0 fully saturated rings. The molecule has 1 aromatic carbocycles. The molecule has 1 N–H and O–H groups in total. The third-order valence-electron chi connectivity index (χ3n) is 3.46. The van der Waals surface area contributed by atoms with E-state index >= 15 is 0 Å². The molecule has 0 bridgehead atoms. The Morgan fingerprint density at radius 2 is 2.00 bits per heavy atom. The van der Waals surface area contributed by atoms with E-state index in [9.17, 15) is 0 Å². The van der Waals surface area contributed by atoms with E-state index in [0.29, 0.717) is 6.04 Å². The Balaban J connectivity index is 1.90. The van der Waals surface area contributed by atoms with E-state index in [1.165, 1.54) is 26.9 Å². The van der Waals surface area contributed by atoms with Crippen molar-refractivity contribution in [2.24, 2.45) is 0 Å². The molecule has 1 atom stereocenters. The molecule has 1 aromatic heterocycles. The van der Waals surface area contributed by atoms with Crippen molar-refractivity contribution in [3.63, 3.8) is 0 Å². The predicted molar refractivity (Wildman–Crippen MR) is 92.7 cm³/mol. The lowest BCUT2D eigenvalue weighted by Crippen LogP contribution is -2.31. The fraction of sp³-hybridized carbons (Fsp3) is 0.412. The molecule has 0 aliphatic rings. The number of rotatable bonds is 7. The lowest BCUT2D eigenvalue weighted by molar-refractivity contribution is 0.494. The molecule has 20 heavy (non-hydrogen) atoms. The minimum absolute atomic E-state index is 0.562. The van der Waals surface area contributed by atoms with Crippen LogP contribution in [0.4, 0.5) is 0 Å². The average Bonchev–Trinajstić information content (AvgIpc) is 2.83. The molecular weight excluding hydrogens is 330 g/mol. The van der Waals surface area contributed by atoms with E-state index in [1.54, 1.807) is 0 Å². The molecule has 0 aliphatic heterocycles. The fourth-order valence-corrected chi connectivity index (χ4v) is 3.90. The van der Waals surface area contributed by atoms with Gasteiger partial charge < -0.3 is 5.32 Å². The van der Waals surface area contributed by atoms with Crippen LogP contribution in [0.15, 0.2) is 40.2 Å². The van der Waals surface area contributed by atoms with Crippen LogP contribution in [-0.2, 0) is 12.8 Å². The number of benzene rings is 1. The molecular formula is C17H22BrNS. The first kappa shape index (κ1) is 15.7. The van der Waals surface area contributed by atoms with E-state index in [0.717, 1.165) is 19.4 Å². The Hall–Kier alpha value is -0.640. The monoisotopic (exact) mass is 351 g/mol. The number of likely N-dealkylation sites (N-methyl/N-ethyl adjacent to an activating group) is 1. The summed E-state index contributed by atoms with van der Waals surface area (Å²) in [5, 5.41) is 5.78. The first-order chi connectivity index (χ1) is 9.67. The minimum atomic E-state index is 0.562. The van der Waals surface area contributed by atoms with Crippen LogP contribution in [0.25, 0.3) is 0 Å². The average molecular weight is 352 g/mol. The number of nitrogens with one attached hydrogen (secondary N) is 1. The van der Waals surface area contributed by atoms with Crippen LogP contribution in [0, 0.1) is 6.92 Å². The van der Waals surface area contributed by atoms with Crippen LogP contribution in [0.2, 0.25) is 0 Å². The zero-order valence-electron chi connectivity index (χ0n) is 12.2.